The molecule has 2 rings (SSSR count). The number of sulfonamides is 1. The van der Waals surface area contributed by atoms with Crippen LogP contribution in [0.4, 0.5) is 18.9 Å². The second-order valence-electron chi connectivity index (χ2n) is 6.12. The first kappa shape index (κ1) is 20.8. The number of para-hydroxylation sites is 1. The molecule has 0 aliphatic rings. The maximum absolute atomic E-state index is 12.6. The molecule has 9 heteroatoms. The van der Waals surface area contributed by atoms with Gasteiger partial charge >= 0.3 is 6.18 Å². The monoisotopic (exact) mass is 400 g/mol. The van der Waals surface area contributed by atoms with Gasteiger partial charge in [0.2, 0.25) is 15.9 Å². The molecule has 1 unspecified atom stereocenters. The van der Waals surface area contributed by atoms with E-state index in [0.29, 0.717) is 16.8 Å². The van der Waals surface area contributed by atoms with Crippen molar-refractivity contribution in [2.45, 2.75) is 25.6 Å². The average Bonchev–Trinajstić information content (AvgIpc) is 2.53. The van der Waals surface area contributed by atoms with Crippen LogP contribution in [0.25, 0.3) is 0 Å². The zero-order valence-corrected chi connectivity index (χ0v) is 15.5. The normalized spacial score (nSPS) is 13.1. The van der Waals surface area contributed by atoms with Crippen LogP contribution in [-0.4, -0.2) is 20.6 Å². The van der Waals surface area contributed by atoms with E-state index in [1.54, 1.807) is 31.2 Å². The number of nitrogens with one attached hydrogen (secondary N) is 2. The highest BCUT2D eigenvalue weighted by atomic mass is 32.2. The van der Waals surface area contributed by atoms with E-state index in [0.717, 1.165) is 18.4 Å². The number of carbonyl (C=O) groups is 1. The summed E-state index contributed by atoms with van der Waals surface area (Å²) < 4.78 is 63.0. The molecule has 27 heavy (non-hydrogen) atoms. The second kappa shape index (κ2) is 7.99. The Hall–Kier alpha value is -2.55. The Morgan fingerprint density at radius 1 is 1.07 bits per heavy atom. The molecule has 2 aromatic carbocycles. The Balaban J connectivity index is 2.06. The van der Waals surface area contributed by atoms with Gasteiger partial charge in [0.1, 0.15) is 0 Å². The third-order valence-electron chi connectivity index (χ3n) is 3.75. The average molecular weight is 400 g/mol. The number of hydrogen-bond donors (Lipinski definition) is 2. The lowest BCUT2D eigenvalue weighted by molar-refractivity contribution is -0.137. The predicted molar refractivity (Wildman–Crippen MR) is 96.6 cm³/mol. The van der Waals surface area contributed by atoms with E-state index in [4.69, 9.17) is 0 Å². The van der Waals surface area contributed by atoms with E-state index in [1.165, 1.54) is 12.1 Å². The molecule has 0 bridgehead atoms. The molecule has 0 aliphatic carbocycles. The number of amides is 1. The van der Waals surface area contributed by atoms with E-state index in [2.05, 4.69) is 10.0 Å². The first-order valence-electron chi connectivity index (χ1n) is 7.98. The quantitative estimate of drug-likeness (QED) is 0.779. The van der Waals surface area contributed by atoms with E-state index in [9.17, 15) is 26.4 Å². The Labute approximate surface area is 155 Å². The molecule has 0 fully saturated rings. The smallest absolute Gasteiger partial charge is 0.349 e. The minimum Gasteiger partial charge on any atom is -0.349 e. The molecule has 0 heterocycles. The zero-order chi connectivity index (χ0) is 20.2. The summed E-state index contributed by atoms with van der Waals surface area (Å²) in [4.78, 5) is 12.2. The second-order valence-corrected chi connectivity index (χ2v) is 7.87. The lowest BCUT2D eigenvalue weighted by Gasteiger charge is -2.18. The standard InChI is InChI=1S/C18H19F3N2O3S/c1-12(15-5-3-4-6-16(15)23-27(2,25)26)22-17(24)11-13-7-9-14(10-8-13)18(19,20)21/h3-10,12,23H,11H2,1-2H3,(H,22,24). The van der Waals surface area contributed by atoms with Crippen LogP contribution in [-0.2, 0) is 27.4 Å². The summed E-state index contributed by atoms with van der Waals surface area (Å²) in [5, 5.41) is 2.72. The van der Waals surface area contributed by atoms with Gasteiger partial charge in [0.15, 0.2) is 0 Å². The Morgan fingerprint density at radius 2 is 1.67 bits per heavy atom. The number of carbonyl (C=O) groups excluding carboxylic acids is 1. The van der Waals surface area contributed by atoms with Crippen LogP contribution in [0.2, 0.25) is 0 Å². The lowest BCUT2D eigenvalue weighted by atomic mass is 10.1. The van der Waals surface area contributed by atoms with Gasteiger partial charge in [-0.15, -0.1) is 0 Å². The Kier molecular flexibility index (Phi) is 6.15. The molecular formula is C18H19F3N2O3S. The molecule has 146 valence electrons. The van der Waals surface area contributed by atoms with E-state index < -0.39 is 33.7 Å². The van der Waals surface area contributed by atoms with E-state index in [1.807, 2.05) is 0 Å². The molecule has 5 nitrogen and oxygen atoms in total. The maximum atomic E-state index is 12.6. The summed E-state index contributed by atoms with van der Waals surface area (Å²) >= 11 is 0. The van der Waals surface area contributed by atoms with Crippen LogP contribution < -0.4 is 10.0 Å². The Morgan fingerprint density at radius 3 is 2.22 bits per heavy atom. The minimum atomic E-state index is -4.42. The van der Waals surface area contributed by atoms with Gasteiger partial charge < -0.3 is 5.32 Å². The lowest BCUT2D eigenvalue weighted by Crippen LogP contribution is -2.29. The van der Waals surface area contributed by atoms with Crippen molar-refractivity contribution >= 4 is 21.6 Å². The van der Waals surface area contributed by atoms with E-state index >= 15 is 0 Å². The summed E-state index contributed by atoms with van der Waals surface area (Å²) in [7, 11) is -3.48. The fourth-order valence-electron chi connectivity index (χ4n) is 2.53. The molecule has 1 amide bonds. The van der Waals surface area contributed by atoms with Crippen LogP contribution in [0.3, 0.4) is 0 Å². The molecule has 0 saturated heterocycles. The van der Waals surface area contributed by atoms with Crippen molar-refractivity contribution in [3.63, 3.8) is 0 Å². The number of anilines is 1. The maximum Gasteiger partial charge on any atom is 0.416 e. The summed E-state index contributed by atoms with van der Waals surface area (Å²) in [6.45, 7) is 1.69. The first-order chi connectivity index (χ1) is 12.5. The highest BCUT2D eigenvalue weighted by Crippen LogP contribution is 2.29. The fourth-order valence-corrected chi connectivity index (χ4v) is 3.12. The molecule has 2 aromatic rings. The zero-order valence-electron chi connectivity index (χ0n) is 14.7. The van der Waals surface area contributed by atoms with Crippen molar-refractivity contribution in [2.75, 3.05) is 11.0 Å². The van der Waals surface area contributed by atoms with Crippen molar-refractivity contribution in [1.82, 2.24) is 5.32 Å². The van der Waals surface area contributed by atoms with Gasteiger partial charge in [-0.3, -0.25) is 9.52 Å². The van der Waals surface area contributed by atoms with Crippen molar-refractivity contribution in [3.05, 3.63) is 65.2 Å². The van der Waals surface area contributed by atoms with Crippen LogP contribution in [0.5, 0.6) is 0 Å². The Bertz CT molecular complexity index is 910. The predicted octanol–water partition coefficient (Wildman–Crippen LogP) is 3.50. The van der Waals surface area contributed by atoms with Crippen LogP contribution in [0.15, 0.2) is 48.5 Å². The van der Waals surface area contributed by atoms with Gasteiger partial charge in [-0.1, -0.05) is 30.3 Å². The number of rotatable bonds is 6. The van der Waals surface area contributed by atoms with Gasteiger partial charge in [0, 0.05) is 0 Å². The third kappa shape index (κ3) is 6.28. The number of benzene rings is 2. The van der Waals surface area contributed by atoms with Gasteiger partial charge in [-0.2, -0.15) is 13.2 Å². The van der Waals surface area contributed by atoms with Crippen molar-refractivity contribution in [2.24, 2.45) is 0 Å². The van der Waals surface area contributed by atoms with Crippen LogP contribution >= 0.6 is 0 Å². The minimum absolute atomic E-state index is 0.0931. The van der Waals surface area contributed by atoms with Crippen LogP contribution in [0, 0.1) is 0 Å². The highest BCUT2D eigenvalue weighted by molar-refractivity contribution is 7.92. The van der Waals surface area contributed by atoms with Gasteiger partial charge in [0.25, 0.3) is 0 Å². The summed E-state index contributed by atoms with van der Waals surface area (Å²) in [6, 6.07) is 10.5. The van der Waals surface area contributed by atoms with Crippen molar-refractivity contribution in [1.29, 1.82) is 0 Å². The molecule has 2 N–H and O–H groups in total. The number of halogens is 3. The highest BCUT2D eigenvalue weighted by Gasteiger charge is 2.30. The molecule has 1 atom stereocenters. The SMILES string of the molecule is CC(NC(=O)Cc1ccc(C(F)(F)F)cc1)c1ccccc1NS(C)(=O)=O. The van der Waals surface area contributed by atoms with Crippen molar-refractivity contribution < 1.29 is 26.4 Å². The first-order valence-corrected chi connectivity index (χ1v) is 9.87. The van der Waals surface area contributed by atoms with Gasteiger partial charge in [-0.25, -0.2) is 8.42 Å². The molecular weight excluding hydrogens is 381 g/mol. The summed E-state index contributed by atoms with van der Waals surface area (Å²) in [6.07, 6.45) is -3.49. The molecule has 0 spiro atoms. The third-order valence-corrected chi connectivity index (χ3v) is 4.34. The fraction of sp³-hybridized carbons (Fsp3) is 0.278. The van der Waals surface area contributed by atoms with E-state index in [-0.39, 0.29) is 6.42 Å². The number of hydrogen-bond acceptors (Lipinski definition) is 3. The molecule has 0 aliphatic heterocycles. The number of alkyl halides is 3. The summed E-state index contributed by atoms with van der Waals surface area (Å²) in [5.41, 5.74) is 0.585. The largest absolute Gasteiger partial charge is 0.416 e. The molecule has 0 saturated carbocycles. The molecule has 0 radical (unpaired) electrons. The van der Waals surface area contributed by atoms with Crippen molar-refractivity contribution in [3.8, 4) is 0 Å². The van der Waals surface area contributed by atoms with Crippen LogP contribution in [0.1, 0.15) is 29.7 Å². The molecule has 0 aromatic heterocycles. The topological polar surface area (TPSA) is 75.3 Å². The summed E-state index contributed by atoms with van der Waals surface area (Å²) in [5.74, 6) is -0.392. The van der Waals surface area contributed by atoms with Gasteiger partial charge in [-0.05, 0) is 36.2 Å². The van der Waals surface area contributed by atoms with Gasteiger partial charge in [0.05, 0.1) is 30.0 Å².